The lowest BCUT2D eigenvalue weighted by molar-refractivity contribution is 0.0600. The molecule has 0 aliphatic rings. The summed E-state index contributed by atoms with van der Waals surface area (Å²) < 4.78 is 9.46. The fourth-order valence-electron chi connectivity index (χ4n) is 0.845. The van der Waals surface area contributed by atoms with E-state index in [1.807, 2.05) is 0 Å². The van der Waals surface area contributed by atoms with Crippen LogP contribution in [-0.2, 0) is 4.74 Å². The first-order valence-electron chi connectivity index (χ1n) is 3.50. The predicted octanol–water partition coefficient (Wildman–Crippen LogP) is 1.48. The molecule has 3 nitrogen and oxygen atoms in total. The average Bonchev–Trinajstić information content (AvgIpc) is 2.17. The Morgan fingerprint density at radius 2 is 1.75 bits per heavy atom. The third-order valence-electron chi connectivity index (χ3n) is 1.51. The largest absolute Gasteiger partial charge is 0.497 e. The van der Waals surface area contributed by atoms with Gasteiger partial charge in [-0.3, -0.25) is 0 Å². The molecule has 1 aromatic rings. The highest BCUT2D eigenvalue weighted by Crippen LogP contribution is 2.11. The van der Waals surface area contributed by atoms with E-state index in [1.54, 1.807) is 31.4 Å². The number of carbonyl (C=O) groups excluding carboxylic acids is 1. The van der Waals surface area contributed by atoms with Gasteiger partial charge >= 0.3 is 5.97 Å². The first-order valence-corrected chi connectivity index (χ1v) is 3.50. The monoisotopic (exact) mass is 167 g/mol. The van der Waals surface area contributed by atoms with Crippen LogP contribution in [-0.4, -0.2) is 20.2 Å². The summed E-state index contributed by atoms with van der Waals surface area (Å²) in [6, 6.07) is 6.74. The molecule has 0 atom stereocenters. The second kappa shape index (κ2) is 3.76. The number of hydrogen-bond donors (Lipinski definition) is 0. The van der Waals surface area contributed by atoms with E-state index in [4.69, 9.17) is 4.74 Å². The molecule has 0 heterocycles. The molecule has 1 aromatic carbocycles. The van der Waals surface area contributed by atoms with Crippen LogP contribution in [0.5, 0.6) is 5.75 Å². The molecular formula is C9H10O3. The van der Waals surface area contributed by atoms with Crippen molar-refractivity contribution in [3.8, 4) is 5.75 Å². The van der Waals surface area contributed by atoms with Crippen LogP contribution in [0.1, 0.15) is 10.4 Å². The van der Waals surface area contributed by atoms with E-state index in [9.17, 15) is 4.79 Å². The zero-order valence-electron chi connectivity index (χ0n) is 7.03. The minimum atomic E-state index is -0.336. The lowest BCUT2D eigenvalue weighted by Gasteiger charge is -2.00. The molecule has 0 aliphatic heterocycles. The Balaban J connectivity index is 2.84. The van der Waals surface area contributed by atoms with Crippen LogP contribution < -0.4 is 4.74 Å². The molecule has 0 bridgehead atoms. The minimum absolute atomic E-state index is 0.336. The Kier molecular flexibility index (Phi) is 2.69. The standard InChI is InChI=1S/C9H10O3/c1-11-8-5-3-7(4-6-8)9(10)12-2/h3-6H,1-2H3/i9+1. The van der Waals surface area contributed by atoms with E-state index in [-0.39, 0.29) is 5.97 Å². The molecule has 1 rings (SSSR count). The average molecular weight is 167 g/mol. The van der Waals surface area contributed by atoms with Gasteiger partial charge in [0, 0.05) is 0 Å². The quantitative estimate of drug-likeness (QED) is 0.494. The fraction of sp³-hybridized carbons (Fsp3) is 0.222. The Morgan fingerprint density at radius 3 is 2.17 bits per heavy atom. The van der Waals surface area contributed by atoms with Crippen molar-refractivity contribution in [3.05, 3.63) is 29.8 Å². The number of hydrogen-bond acceptors (Lipinski definition) is 3. The highest BCUT2D eigenvalue weighted by atomic mass is 16.6. The number of methoxy groups -OCH3 is 2. The van der Waals surface area contributed by atoms with Crippen molar-refractivity contribution < 1.29 is 14.3 Å². The van der Waals surface area contributed by atoms with Crippen LogP contribution in [0.25, 0.3) is 0 Å². The van der Waals surface area contributed by atoms with E-state index < -0.39 is 0 Å². The van der Waals surface area contributed by atoms with E-state index in [0.29, 0.717) is 5.56 Å². The second-order valence-electron chi connectivity index (χ2n) is 2.22. The van der Waals surface area contributed by atoms with Gasteiger partial charge in [-0.25, -0.2) is 4.79 Å². The zero-order valence-corrected chi connectivity index (χ0v) is 7.03. The predicted molar refractivity (Wildman–Crippen MR) is 44.3 cm³/mol. The van der Waals surface area contributed by atoms with Gasteiger partial charge in [0.1, 0.15) is 5.75 Å². The second-order valence-corrected chi connectivity index (χ2v) is 2.22. The molecule has 12 heavy (non-hydrogen) atoms. The van der Waals surface area contributed by atoms with Gasteiger partial charge in [0.05, 0.1) is 19.8 Å². The lowest BCUT2D eigenvalue weighted by atomic mass is 10.3. The zero-order chi connectivity index (χ0) is 8.97. The number of rotatable bonds is 2. The molecule has 0 N–H and O–H groups in total. The van der Waals surface area contributed by atoms with Gasteiger partial charge in [-0.05, 0) is 24.3 Å². The van der Waals surface area contributed by atoms with Crippen molar-refractivity contribution in [2.24, 2.45) is 0 Å². The van der Waals surface area contributed by atoms with Crippen LogP contribution in [0.4, 0.5) is 0 Å². The SMILES string of the molecule is COc1ccc([13C](=O)OC)cc1. The van der Waals surface area contributed by atoms with Gasteiger partial charge < -0.3 is 9.47 Å². The molecule has 0 spiro atoms. The maximum Gasteiger partial charge on any atom is 0.337 e. The lowest BCUT2D eigenvalue weighted by Crippen LogP contribution is -2.00. The molecule has 0 radical (unpaired) electrons. The van der Waals surface area contributed by atoms with Crippen molar-refractivity contribution in [1.29, 1.82) is 0 Å². The van der Waals surface area contributed by atoms with Crippen molar-refractivity contribution in [2.75, 3.05) is 14.2 Å². The van der Waals surface area contributed by atoms with Crippen molar-refractivity contribution in [2.45, 2.75) is 0 Å². The van der Waals surface area contributed by atoms with E-state index in [1.165, 1.54) is 7.11 Å². The molecule has 0 fully saturated rings. The fourth-order valence-corrected chi connectivity index (χ4v) is 0.845. The highest BCUT2D eigenvalue weighted by molar-refractivity contribution is 5.89. The van der Waals surface area contributed by atoms with Crippen LogP contribution in [0.2, 0.25) is 0 Å². The topological polar surface area (TPSA) is 35.5 Å². The Hall–Kier alpha value is -1.51. The maximum absolute atomic E-state index is 11.0. The Bertz CT molecular complexity index is 264. The summed E-state index contributed by atoms with van der Waals surface area (Å²) in [6.07, 6.45) is 0. The van der Waals surface area contributed by atoms with Crippen molar-refractivity contribution >= 4 is 5.97 Å². The summed E-state index contributed by atoms with van der Waals surface area (Å²) in [5.74, 6) is 0.389. The molecule has 0 unspecified atom stereocenters. The number of carbonyl (C=O) groups is 1. The smallest absolute Gasteiger partial charge is 0.337 e. The van der Waals surface area contributed by atoms with Crippen LogP contribution >= 0.6 is 0 Å². The van der Waals surface area contributed by atoms with E-state index in [2.05, 4.69) is 4.74 Å². The van der Waals surface area contributed by atoms with Crippen molar-refractivity contribution in [3.63, 3.8) is 0 Å². The molecule has 0 saturated heterocycles. The van der Waals surface area contributed by atoms with Gasteiger partial charge in [0.2, 0.25) is 0 Å². The third-order valence-corrected chi connectivity index (χ3v) is 1.51. The van der Waals surface area contributed by atoms with Crippen LogP contribution in [0.3, 0.4) is 0 Å². The normalized spacial score (nSPS) is 9.17. The minimum Gasteiger partial charge on any atom is -0.497 e. The van der Waals surface area contributed by atoms with Gasteiger partial charge in [-0.2, -0.15) is 0 Å². The summed E-state index contributed by atoms with van der Waals surface area (Å²) >= 11 is 0. The van der Waals surface area contributed by atoms with Gasteiger partial charge in [-0.1, -0.05) is 0 Å². The summed E-state index contributed by atoms with van der Waals surface area (Å²) in [4.78, 5) is 11.0. The number of esters is 1. The van der Waals surface area contributed by atoms with Gasteiger partial charge in [0.15, 0.2) is 0 Å². The molecule has 0 aliphatic carbocycles. The van der Waals surface area contributed by atoms with Crippen molar-refractivity contribution in [1.82, 2.24) is 0 Å². The highest BCUT2D eigenvalue weighted by Gasteiger charge is 2.03. The van der Waals surface area contributed by atoms with Gasteiger partial charge in [0.25, 0.3) is 0 Å². The molecule has 3 heteroatoms. The molecule has 0 saturated carbocycles. The molecule has 0 amide bonds. The number of ether oxygens (including phenoxy) is 2. The van der Waals surface area contributed by atoms with Crippen LogP contribution in [0, 0.1) is 0 Å². The van der Waals surface area contributed by atoms with Crippen LogP contribution in [0.15, 0.2) is 24.3 Å². The molecule has 0 aromatic heterocycles. The van der Waals surface area contributed by atoms with Gasteiger partial charge in [-0.15, -0.1) is 0 Å². The first-order chi connectivity index (χ1) is 5.77. The summed E-state index contributed by atoms with van der Waals surface area (Å²) in [5, 5.41) is 0. The summed E-state index contributed by atoms with van der Waals surface area (Å²) in [5.41, 5.74) is 0.526. The summed E-state index contributed by atoms with van der Waals surface area (Å²) in [6.45, 7) is 0. The third kappa shape index (κ3) is 1.75. The molecular weight excluding hydrogens is 157 g/mol. The molecule has 64 valence electrons. The Morgan fingerprint density at radius 1 is 1.17 bits per heavy atom. The Labute approximate surface area is 70.9 Å². The first kappa shape index (κ1) is 8.59. The maximum atomic E-state index is 11.0. The van der Waals surface area contributed by atoms with E-state index >= 15 is 0 Å². The summed E-state index contributed by atoms with van der Waals surface area (Å²) in [7, 11) is 2.93. The number of benzene rings is 1. The van der Waals surface area contributed by atoms with E-state index in [0.717, 1.165) is 5.75 Å².